The molecule has 9 heteroatoms. The number of Topliss-reactive ketones (excluding diaryl/α,β-unsaturated/α-hetero) is 1. The fourth-order valence-corrected chi connectivity index (χ4v) is 2.42. The monoisotopic (exact) mass is 369 g/mol. The maximum Gasteiger partial charge on any atom is 0.305 e. The zero-order chi connectivity index (χ0) is 19.9. The minimum absolute atomic E-state index is 0.350. The molecule has 1 aliphatic heterocycles. The van der Waals surface area contributed by atoms with Crippen molar-refractivity contribution in [2.75, 3.05) is 6.67 Å². The molecule has 0 radical (unpaired) electrons. The van der Waals surface area contributed by atoms with E-state index in [0.29, 0.717) is 12.0 Å². The lowest BCUT2D eigenvalue weighted by Gasteiger charge is -2.28. The number of ketones is 1. The van der Waals surface area contributed by atoms with Crippen molar-refractivity contribution >= 4 is 23.6 Å². The van der Waals surface area contributed by atoms with E-state index in [1.165, 1.54) is 0 Å². The molecule has 26 heavy (non-hydrogen) atoms. The van der Waals surface area contributed by atoms with Crippen molar-refractivity contribution in [3.63, 3.8) is 0 Å². The summed E-state index contributed by atoms with van der Waals surface area (Å²) in [6.45, 7) is 5.76. The number of carboxylic acids is 1. The fraction of sp³-hybridized carbons (Fsp3) is 0.529. The van der Waals surface area contributed by atoms with Gasteiger partial charge < -0.3 is 21.1 Å². The van der Waals surface area contributed by atoms with Gasteiger partial charge in [0.1, 0.15) is 24.8 Å². The van der Waals surface area contributed by atoms with Crippen LogP contribution >= 0.6 is 0 Å². The van der Waals surface area contributed by atoms with Crippen molar-refractivity contribution in [1.82, 2.24) is 16.0 Å². The van der Waals surface area contributed by atoms with Gasteiger partial charge in [0.05, 0.1) is 6.42 Å². The molecule has 0 spiro atoms. The summed E-state index contributed by atoms with van der Waals surface area (Å²) >= 11 is 0. The van der Waals surface area contributed by atoms with Gasteiger partial charge in [-0.25, -0.2) is 4.39 Å². The summed E-state index contributed by atoms with van der Waals surface area (Å²) in [6.07, 6.45) is 3.21. The lowest BCUT2D eigenvalue weighted by Crippen LogP contribution is -2.57. The summed E-state index contributed by atoms with van der Waals surface area (Å²) in [7, 11) is 0. The van der Waals surface area contributed by atoms with Gasteiger partial charge in [-0.3, -0.25) is 19.2 Å². The Hall–Kier alpha value is -2.71. The summed E-state index contributed by atoms with van der Waals surface area (Å²) in [5, 5.41) is 16.4. The minimum Gasteiger partial charge on any atom is -0.481 e. The second-order valence-electron chi connectivity index (χ2n) is 6.35. The van der Waals surface area contributed by atoms with E-state index in [0.717, 1.165) is 0 Å². The number of halogens is 1. The second kappa shape index (κ2) is 9.69. The van der Waals surface area contributed by atoms with Crippen molar-refractivity contribution in [3.8, 4) is 0 Å². The van der Waals surface area contributed by atoms with Gasteiger partial charge in [0.15, 0.2) is 5.78 Å². The number of carbonyl (C=O) groups excluding carboxylic acids is 3. The SMILES string of the molecule is C=C1CC=CNC1C(=O)N[C@H](C(=O)NC(CC(=O)O)C(=O)CF)C(C)C. The van der Waals surface area contributed by atoms with Crippen LogP contribution in [0.25, 0.3) is 0 Å². The molecule has 2 unspecified atom stereocenters. The third kappa shape index (κ3) is 5.98. The normalized spacial score (nSPS) is 18.6. The predicted molar refractivity (Wildman–Crippen MR) is 91.8 cm³/mol. The average Bonchev–Trinajstić information content (AvgIpc) is 2.57. The van der Waals surface area contributed by atoms with Crippen molar-refractivity contribution < 1.29 is 28.7 Å². The van der Waals surface area contributed by atoms with E-state index >= 15 is 0 Å². The Bertz CT molecular complexity index is 618. The van der Waals surface area contributed by atoms with E-state index in [2.05, 4.69) is 22.5 Å². The van der Waals surface area contributed by atoms with Crippen LogP contribution in [0.1, 0.15) is 26.7 Å². The number of amides is 2. The van der Waals surface area contributed by atoms with Crippen molar-refractivity contribution in [2.24, 2.45) is 5.92 Å². The molecule has 0 saturated heterocycles. The molecule has 1 heterocycles. The number of rotatable bonds is 9. The number of allylic oxidation sites excluding steroid dienone is 1. The van der Waals surface area contributed by atoms with E-state index in [4.69, 9.17) is 5.11 Å². The average molecular weight is 369 g/mol. The van der Waals surface area contributed by atoms with Crippen LogP contribution < -0.4 is 16.0 Å². The molecular weight excluding hydrogens is 345 g/mol. The van der Waals surface area contributed by atoms with Gasteiger partial charge in [0, 0.05) is 0 Å². The minimum atomic E-state index is -1.49. The Morgan fingerprint density at radius 1 is 1.35 bits per heavy atom. The Kier molecular flexibility index (Phi) is 7.95. The lowest BCUT2D eigenvalue weighted by molar-refractivity contribution is -0.141. The van der Waals surface area contributed by atoms with Gasteiger partial charge in [0.25, 0.3) is 0 Å². The number of hydrogen-bond acceptors (Lipinski definition) is 5. The van der Waals surface area contributed by atoms with Crippen LogP contribution in [0.3, 0.4) is 0 Å². The standard InChI is InChI=1S/C17H24FN3O5/c1-9(2)14(21-17(26)15-10(3)5-4-6-19-15)16(25)20-11(7-13(23)24)12(22)8-18/h4,6,9,11,14-15,19H,3,5,7-8H2,1-2H3,(H,20,25)(H,21,26)(H,23,24)/t11?,14-,15?/m0/s1. The molecule has 1 rings (SSSR count). The molecule has 144 valence electrons. The molecule has 0 aromatic rings. The van der Waals surface area contributed by atoms with E-state index in [9.17, 15) is 23.6 Å². The van der Waals surface area contributed by atoms with E-state index in [-0.39, 0.29) is 5.92 Å². The molecule has 0 bridgehead atoms. The van der Waals surface area contributed by atoms with Crippen molar-refractivity contribution in [1.29, 1.82) is 0 Å². The summed E-state index contributed by atoms with van der Waals surface area (Å²) < 4.78 is 12.6. The largest absolute Gasteiger partial charge is 0.481 e. The molecule has 3 atom stereocenters. The molecule has 0 aromatic carbocycles. The van der Waals surface area contributed by atoms with Gasteiger partial charge in [0.2, 0.25) is 11.8 Å². The fourth-order valence-electron chi connectivity index (χ4n) is 2.42. The van der Waals surface area contributed by atoms with Crippen LogP contribution in [0, 0.1) is 5.92 Å². The molecule has 0 saturated carbocycles. The van der Waals surface area contributed by atoms with E-state index in [1.54, 1.807) is 26.1 Å². The maximum atomic E-state index is 12.6. The molecule has 2 amide bonds. The predicted octanol–water partition coefficient (Wildman–Crippen LogP) is 0.0571. The number of nitrogens with one attached hydrogen (secondary N) is 3. The molecule has 0 aromatic heterocycles. The van der Waals surface area contributed by atoms with Crippen LogP contribution in [0.4, 0.5) is 4.39 Å². The number of hydrogen-bond donors (Lipinski definition) is 4. The van der Waals surface area contributed by atoms with Gasteiger partial charge in [-0.1, -0.05) is 26.5 Å². The molecular formula is C17H24FN3O5. The van der Waals surface area contributed by atoms with Crippen molar-refractivity contribution in [2.45, 2.75) is 44.8 Å². The van der Waals surface area contributed by atoms with Crippen LogP contribution in [0.5, 0.6) is 0 Å². The molecule has 1 aliphatic rings. The Labute approximate surface area is 150 Å². The molecule has 8 nitrogen and oxygen atoms in total. The first-order chi connectivity index (χ1) is 12.2. The third-order valence-electron chi connectivity index (χ3n) is 3.89. The Morgan fingerprint density at radius 2 is 2.00 bits per heavy atom. The Balaban J connectivity index is 2.83. The lowest BCUT2D eigenvalue weighted by atomic mass is 9.98. The van der Waals surface area contributed by atoms with Crippen LogP contribution in [-0.4, -0.2) is 53.5 Å². The van der Waals surface area contributed by atoms with Crippen molar-refractivity contribution in [3.05, 3.63) is 24.4 Å². The number of aliphatic carboxylic acids is 1. The second-order valence-corrected chi connectivity index (χ2v) is 6.35. The highest BCUT2D eigenvalue weighted by atomic mass is 19.1. The number of carbonyl (C=O) groups is 4. The van der Waals surface area contributed by atoms with Gasteiger partial charge in [-0.2, -0.15) is 0 Å². The highest BCUT2D eigenvalue weighted by molar-refractivity contribution is 5.96. The molecule has 0 aliphatic carbocycles. The topological polar surface area (TPSA) is 125 Å². The summed E-state index contributed by atoms with van der Waals surface area (Å²) in [5.41, 5.74) is 0.629. The third-order valence-corrected chi connectivity index (χ3v) is 3.89. The van der Waals surface area contributed by atoms with Gasteiger partial charge in [-0.15, -0.1) is 0 Å². The van der Waals surface area contributed by atoms with Crippen LogP contribution in [0.2, 0.25) is 0 Å². The Morgan fingerprint density at radius 3 is 2.50 bits per heavy atom. The smallest absolute Gasteiger partial charge is 0.305 e. The van der Waals surface area contributed by atoms with Crippen LogP contribution in [-0.2, 0) is 19.2 Å². The number of alkyl halides is 1. The first kappa shape index (κ1) is 21.3. The first-order valence-corrected chi connectivity index (χ1v) is 8.17. The highest BCUT2D eigenvalue weighted by Gasteiger charge is 2.32. The van der Waals surface area contributed by atoms with Gasteiger partial charge >= 0.3 is 5.97 Å². The highest BCUT2D eigenvalue weighted by Crippen LogP contribution is 2.12. The van der Waals surface area contributed by atoms with Crippen LogP contribution in [0.15, 0.2) is 24.4 Å². The molecule has 4 N–H and O–H groups in total. The first-order valence-electron chi connectivity index (χ1n) is 8.17. The zero-order valence-corrected chi connectivity index (χ0v) is 14.8. The quantitative estimate of drug-likeness (QED) is 0.426. The summed E-state index contributed by atoms with van der Waals surface area (Å²) in [6, 6.07) is -3.21. The maximum absolute atomic E-state index is 12.6. The summed E-state index contributed by atoms with van der Waals surface area (Å²) in [5.74, 6) is -3.96. The van der Waals surface area contributed by atoms with Gasteiger partial charge in [-0.05, 0) is 24.1 Å². The number of carboxylic acid groups (broad SMARTS) is 1. The van der Waals surface area contributed by atoms with E-state index < -0.39 is 54.8 Å². The van der Waals surface area contributed by atoms with E-state index in [1.807, 2.05) is 0 Å². The zero-order valence-electron chi connectivity index (χ0n) is 14.8. The summed E-state index contributed by atoms with van der Waals surface area (Å²) in [4.78, 5) is 47.2. The molecule has 0 fully saturated rings.